The van der Waals surface area contributed by atoms with E-state index >= 15 is 0 Å². The summed E-state index contributed by atoms with van der Waals surface area (Å²) in [6.45, 7) is 0. The van der Waals surface area contributed by atoms with E-state index in [1.54, 1.807) is 0 Å². The molecule has 0 spiro atoms. The highest BCUT2D eigenvalue weighted by atomic mass is 16.4. The fraction of sp³-hybridized carbons (Fsp3) is 0.500. The number of aliphatic carboxylic acids is 1. The van der Waals surface area contributed by atoms with Crippen LogP contribution in [0.25, 0.3) is 5.57 Å². The lowest BCUT2D eigenvalue weighted by atomic mass is 9.94. The lowest BCUT2D eigenvalue weighted by molar-refractivity contribution is -0.137. The van der Waals surface area contributed by atoms with Crippen molar-refractivity contribution in [2.45, 2.75) is 51.4 Å². The first-order chi connectivity index (χ1) is 9.75. The molecule has 1 atom stereocenters. The van der Waals surface area contributed by atoms with Crippen LogP contribution in [-0.4, -0.2) is 11.1 Å². The minimum absolute atomic E-state index is 0.317. The quantitative estimate of drug-likeness (QED) is 0.747. The summed E-state index contributed by atoms with van der Waals surface area (Å²) in [6.07, 6.45) is 10.6. The lowest BCUT2D eigenvalue weighted by Gasteiger charge is -2.11. The van der Waals surface area contributed by atoms with E-state index in [2.05, 4.69) is 36.4 Å². The molecule has 1 aromatic rings. The van der Waals surface area contributed by atoms with Crippen LogP contribution >= 0.6 is 0 Å². The molecular weight excluding hydrogens is 248 g/mol. The molecule has 0 radical (unpaired) electrons. The summed E-state index contributed by atoms with van der Waals surface area (Å²) in [5.74, 6) is 0.0714. The van der Waals surface area contributed by atoms with Crippen molar-refractivity contribution in [1.82, 2.24) is 0 Å². The second kappa shape index (κ2) is 7.88. The molecule has 2 nitrogen and oxygen atoms in total. The summed E-state index contributed by atoms with van der Waals surface area (Å²) in [7, 11) is 0. The van der Waals surface area contributed by atoms with Crippen molar-refractivity contribution in [3.05, 3.63) is 42.0 Å². The molecule has 2 heteroatoms. The van der Waals surface area contributed by atoms with Gasteiger partial charge in [-0.1, -0.05) is 49.2 Å². The third-order valence-electron chi connectivity index (χ3n) is 4.15. The van der Waals surface area contributed by atoms with Crippen molar-refractivity contribution in [3.8, 4) is 0 Å². The number of hydrogen-bond acceptors (Lipinski definition) is 1. The maximum atomic E-state index is 10.5. The summed E-state index contributed by atoms with van der Waals surface area (Å²) in [5.41, 5.74) is 2.85. The summed E-state index contributed by atoms with van der Waals surface area (Å²) < 4.78 is 0. The third kappa shape index (κ3) is 4.84. The van der Waals surface area contributed by atoms with E-state index in [-0.39, 0.29) is 0 Å². The van der Waals surface area contributed by atoms with Crippen molar-refractivity contribution >= 4 is 11.5 Å². The molecule has 1 N–H and O–H groups in total. The first-order valence-electron chi connectivity index (χ1n) is 7.72. The standard InChI is InChI=1S/C18H24O2/c19-18(20)12-5-4-7-15-8-6-11-17(14-13-15)16-9-2-1-3-10-16/h1-3,9-10,14-15H,4-8,11-13H2,(H,19,20). The molecule has 0 saturated carbocycles. The fourth-order valence-corrected chi connectivity index (χ4v) is 3.00. The summed E-state index contributed by atoms with van der Waals surface area (Å²) in [5, 5.41) is 8.65. The molecule has 0 aromatic heterocycles. The van der Waals surface area contributed by atoms with E-state index in [0.29, 0.717) is 6.42 Å². The summed E-state index contributed by atoms with van der Waals surface area (Å²) >= 11 is 0. The van der Waals surface area contributed by atoms with Gasteiger partial charge >= 0.3 is 5.97 Å². The van der Waals surface area contributed by atoms with Gasteiger partial charge in [-0.25, -0.2) is 0 Å². The Hall–Kier alpha value is -1.57. The zero-order valence-corrected chi connectivity index (χ0v) is 12.1. The SMILES string of the molecule is O=C(O)CCCCC1CC=C(c2ccccc2)CCC1. The summed E-state index contributed by atoms with van der Waals surface area (Å²) in [4.78, 5) is 10.5. The Bertz CT molecular complexity index is 448. The van der Waals surface area contributed by atoms with Crippen molar-refractivity contribution in [2.75, 3.05) is 0 Å². The van der Waals surface area contributed by atoms with E-state index in [1.165, 1.54) is 36.8 Å². The molecule has 1 aliphatic rings. The third-order valence-corrected chi connectivity index (χ3v) is 4.15. The van der Waals surface area contributed by atoms with E-state index < -0.39 is 5.97 Å². The molecule has 0 bridgehead atoms. The lowest BCUT2D eigenvalue weighted by Crippen LogP contribution is -1.99. The van der Waals surface area contributed by atoms with Gasteiger partial charge in [-0.3, -0.25) is 4.79 Å². The van der Waals surface area contributed by atoms with Crippen LogP contribution in [0.15, 0.2) is 36.4 Å². The zero-order valence-electron chi connectivity index (χ0n) is 12.1. The Kier molecular flexibility index (Phi) is 5.85. The van der Waals surface area contributed by atoms with Gasteiger partial charge in [-0.05, 0) is 49.2 Å². The molecule has 20 heavy (non-hydrogen) atoms. The molecule has 1 aromatic carbocycles. The number of unbranched alkanes of at least 4 members (excludes halogenated alkanes) is 1. The van der Waals surface area contributed by atoms with Crippen LogP contribution in [0.4, 0.5) is 0 Å². The van der Waals surface area contributed by atoms with Crippen molar-refractivity contribution in [2.24, 2.45) is 5.92 Å². The molecule has 0 heterocycles. The highest BCUT2D eigenvalue weighted by molar-refractivity contribution is 5.66. The zero-order chi connectivity index (χ0) is 14.2. The average molecular weight is 272 g/mol. The van der Waals surface area contributed by atoms with Crippen LogP contribution in [0, 0.1) is 5.92 Å². The number of carboxylic acids is 1. The highest BCUT2D eigenvalue weighted by Crippen LogP contribution is 2.31. The molecule has 2 rings (SSSR count). The molecule has 108 valence electrons. The van der Waals surface area contributed by atoms with Gasteiger partial charge in [0.05, 0.1) is 0 Å². The Balaban J connectivity index is 1.81. The first-order valence-corrected chi connectivity index (χ1v) is 7.72. The summed E-state index contributed by atoms with van der Waals surface area (Å²) in [6, 6.07) is 10.7. The number of rotatable bonds is 6. The number of allylic oxidation sites excluding steroid dienone is 2. The van der Waals surface area contributed by atoms with Gasteiger partial charge in [0.2, 0.25) is 0 Å². The number of carboxylic acid groups (broad SMARTS) is 1. The molecule has 1 aliphatic carbocycles. The highest BCUT2D eigenvalue weighted by Gasteiger charge is 2.13. The maximum absolute atomic E-state index is 10.5. The minimum Gasteiger partial charge on any atom is -0.481 e. The molecular formula is C18H24O2. The molecule has 0 fully saturated rings. The van der Waals surface area contributed by atoms with Gasteiger partial charge in [-0.2, -0.15) is 0 Å². The number of benzene rings is 1. The van der Waals surface area contributed by atoms with Gasteiger partial charge in [0, 0.05) is 6.42 Å². The Morgan fingerprint density at radius 2 is 2.00 bits per heavy atom. The molecule has 0 saturated heterocycles. The number of carbonyl (C=O) groups is 1. The Morgan fingerprint density at radius 1 is 1.20 bits per heavy atom. The van der Waals surface area contributed by atoms with Crippen LogP contribution in [0.3, 0.4) is 0 Å². The first kappa shape index (κ1) is 14.8. The van der Waals surface area contributed by atoms with Gasteiger partial charge in [-0.15, -0.1) is 0 Å². The van der Waals surface area contributed by atoms with Crippen molar-refractivity contribution < 1.29 is 9.90 Å². The van der Waals surface area contributed by atoms with Crippen molar-refractivity contribution in [1.29, 1.82) is 0 Å². The van der Waals surface area contributed by atoms with Crippen molar-refractivity contribution in [3.63, 3.8) is 0 Å². The van der Waals surface area contributed by atoms with Gasteiger partial charge < -0.3 is 5.11 Å². The number of hydrogen-bond donors (Lipinski definition) is 1. The van der Waals surface area contributed by atoms with E-state index in [0.717, 1.165) is 25.2 Å². The normalized spacial score (nSPS) is 19.2. The molecule has 0 aliphatic heterocycles. The average Bonchev–Trinajstić information content (AvgIpc) is 2.70. The second-order valence-corrected chi connectivity index (χ2v) is 5.73. The van der Waals surface area contributed by atoms with Crippen LogP contribution in [0.5, 0.6) is 0 Å². The largest absolute Gasteiger partial charge is 0.481 e. The topological polar surface area (TPSA) is 37.3 Å². The minimum atomic E-state index is -0.669. The molecule has 1 unspecified atom stereocenters. The van der Waals surface area contributed by atoms with E-state index in [4.69, 9.17) is 5.11 Å². The predicted octanol–water partition coefficient (Wildman–Crippen LogP) is 4.91. The van der Waals surface area contributed by atoms with Gasteiger partial charge in [0.1, 0.15) is 0 Å². The molecule has 0 amide bonds. The van der Waals surface area contributed by atoms with E-state index in [9.17, 15) is 4.79 Å². The Labute approximate surface area is 121 Å². The van der Waals surface area contributed by atoms with Gasteiger partial charge in [0.25, 0.3) is 0 Å². The second-order valence-electron chi connectivity index (χ2n) is 5.73. The predicted molar refractivity (Wildman–Crippen MR) is 82.5 cm³/mol. The van der Waals surface area contributed by atoms with E-state index in [1.807, 2.05) is 0 Å². The van der Waals surface area contributed by atoms with Crippen LogP contribution in [-0.2, 0) is 4.79 Å². The Morgan fingerprint density at radius 3 is 2.75 bits per heavy atom. The maximum Gasteiger partial charge on any atom is 0.303 e. The fourth-order valence-electron chi connectivity index (χ4n) is 3.00. The van der Waals surface area contributed by atoms with Crippen LogP contribution in [0.1, 0.15) is 56.9 Å². The smallest absolute Gasteiger partial charge is 0.303 e. The van der Waals surface area contributed by atoms with Crippen LogP contribution in [0.2, 0.25) is 0 Å². The van der Waals surface area contributed by atoms with Gasteiger partial charge in [0.15, 0.2) is 0 Å². The van der Waals surface area contributed by atoms with Crippen LogP contribution < -0.4 is 0 Å². The monoisotopic (exact) mass is 272 g/mol.